The molecule has 0 bridgehead atoms. The van der Waals surface area contributed by atoms with Gasteiger partial charge < -0.3 is 20.5 Å². The lowest BCUT2D eigenvalue weighted by atomic mass is 10.1. The molecule has 3 N–H and O–H groups in total. The summed E-state index contributed by atoms with van der Waals surface area (Å²) in [4.78, 5) is 14.5. The summed E-state index contributed by atoms with van der Waals surface area (Å²) in [6.07, 6.45) is 3.75. The Hall–Kier alpha value is -0.690. The summed E-state index contributed by atoms with van der Waals surface area (Å²) in [6, 6.07) is 0.431. The Morgan fingerprint density at radius 1 is 1.45 bits per heavy atom. The van der Waals surface area contributed by atoms with Crippen molar-refractivity contribution >= 4 is 5.91 Å². The van der Waals surface area contributed by atoms with E-state index in [2.05, 4.69) is 10.2 Å². The lowest BCUT2D eigenvalue weighted by molar-refractivity contribution is -0.132. The highest BCUT2D eigenvalue weighted by Crippen LogP contribution is 2.19. The van der Waals surface area contributed by atoms with E-state index in [0.29, 0.717) is 19.1 Å². The van der Waals surface area contributed by atoms with E-state index in [-0.39, 0.29) is 18.1 Å². The second-order valence-electron chi connectivity index (χ2n) is 5.63. The zero-order chi connectivity index (χ0) is 14.4. The highest BCUT2D eigenvalue weighted by Gasteiger charge is 2.31. The molecule has 6 heteroatoms. The van der Waals surface area contributed by atoms with Crippen LogP contribution in [0, 0.1) is 0 Å². The molecule has 0 aliphatic carbocycles. The van der Waals surface area contributed by atoms with Gasteiger partial charge in [0, 0.05) is 32.8 Å². The molecule has 0 radical (unpaired) electrons. The Morgan fingerprint density at radius 3 is 3.00 bits per heavy atom. The Bertz CT molecular complexity index is 314. The van der Waals surface area contributed by atoms with Gasteiger partial charge in [0.25, 0.3) is 0 Å². The summed E-state index contributed by atoms with van der Waals surface area (Å²) >= 11 is 0. The molecule has 0 spiro atoms. The van der Waals surface area contributed by atoms with Crippen molar-refractivity contribution in [3.8, 4) is 0 Å². The van der Waals surface area contributed by atoms with Crippen LogP contribution in [0.25, 0.3) is 0 Å². The topological polar surface area (TPSA) is 76.8 Å². The zero-order valence-corrected chi connectivity index (χ0v) is 12.3. The highest BCUT2D eigenvalue weighted by atomic mass is 16.5. The predicted octanol–water partition coefficient (Wildman–Crippen LogP) is -0.280. The Morgan fingerprint density at radius 2 is 2.30 bits per heavy atom. The number of carbonyl (C=O) groups is 1. The molecule has 2 fully saturated rings. The van der Waals surface area contributed by atoms with E-state index in [1.54, 1.807) is 7.11 Å². The van der Waals surface area contributed by atoms with Gasteiger partial charge in [-0.25, -0.2) is 0 Å². The van der Waals surface area contributed by atoms with E-state index in [9.17, 15) is 4.79 Å². The maximum atomic E-state index is 12.1. The lowest BCUT2D eigenvalue weighted by Crippen LogP contribution is -2.44. The first kappa shape index (κ1) is 15.7. The molecule has 116 valence electrons. The van der Waals surface area contributed by atoms with Crippen LogP contribution >= 0.6 is 0 Å². The van der Waals surface area contributed by atoms with E-state index >= 15 is 0 Å². The minimum Gasteiger partial charge on any atom is -0.383 e. The molecule has 0 aromatic heterocycles. The summed E-state index contributed by atoms with van der Waals surface area (Å²) in [5.41, 5.74) is 5.56. The molecule has 20 heavy (non-hydrogen) atoms. The Balaban J connectivity index is 1.70. The number of carbonyl (C=O) groups excluding carboxylic acids is 1. The molecule has 0 aromatic carbocycles. The number of hydrogen-bond donors (Lipinski definition) is 2. The van der Waals surface area contributed by atoms with Crippen LogP contribution in [0.3, 0.4) is 0 Å². The van der Waals surface area contributed by atoms with Crippen LogP contribution in [-0.4, -0.2) is 69.0 Å². The normalized spacial score (nSPS) is 30.8. The number of nitrogens with two attached hydrogens (primary N) is 1. The Kier molecular flexibility index (Phi) is 6.22. The fraction of sp³-hybridized carbons (Fsp3) is 0.929. The predicted molar refractivity (Wildman–Crippen MR) is 76.4 cm³/mol. The van der Waals surface area contributed by atoms with Crippen LogP contribution in [0.5, 0.6) is 0 Å². The molecule has 2 saturated heterocycles. The number of ether oxygens (including phenoxy) is 2. The van der Waals surface area contributed by atoms with E-state index in [1.807, 2.05) is 0 Å². The Labute approximate surface area is 121 Å². The molecule has 2 heterocycles. The van der Waals surface area contributed by atoms with Gasteiger partial charge in [0.1, 0.15) is 6.10 Å². The molecule has 2 aliphatic heterocycles. The number of hydrogen-bond acceptors (Lipinski definition) is 5. The standard InChI is InChI=1S/C14H27N3O3/c1-19-8-7-17-6-2-3-11(17)10-16-14(18)13-5-4-12(9-15)20-13/h11-13H,2-10,15H2,1H3,(H,16,18)/t11?,12-,13+/m1/s1. The summed E-state index contributed by atoms with van der Waals surface area (Å²) in [5.74, 6) is 0.0135. The first-order valence-corrected chi connectivity index (χ1v) is 7.60. The third kappa shape index (κ3) is 4.15. The largest absolute Gasteiger partial charge is 0.383 e. The second kappa shape index (κ2) is 7.93. The van der Waals surface area contributed by atoms with E-state index in [0.717, 1.165) is 39.0 Å². The van der Waals surface area contributed by atoms with Gasteiger partial charge in [-0.3, -0.25) is 9.69 Å². The second-order valence-corrected chi connectivity index (χ2v) is 5.63. The number of methoxy groups -OCH3 is 1. The van der Waals surface area contributed by atoms with Crippen molar-refractivity contribution in [3.63, 3.8) is 0 Å². The fourth-order valence-electron chi connectivity index (χ4n) is 3.03. The van der Waals surface area contributed by atoms with Gasteiger partial charge in [-0.1, -0.05) is 0 Å². The summed E-state index contributed by atoms with van der Waals surface area (Å²) < 4.78 is 10.7. The number of amides is 1. The molecule has 6 nitrogen and oxygen atoms in total. The van der Waals surface area contributed by atoms with Crippen molar-refractivity contribution in [1.29, 1.82) is 0 Å². The van der Waals surface area contributed by atoms with Crippen molar-refractivity contribution in [2.24, 2.45) is 5.73 Å². The molecular weight excluding hydrogens is 258 g/mol. The fourth-order valence-corrected chi connectivity index (χ4v) is 3.03. The highest BCUT2D eigenvalue weighted by molar-refractivity contribution is 5.81. The summed E-state index contributed by atoms with van der Waals surface area (Å²) in [6.45, 7) is 3.98. The smallest absolute Gasteiger partial charge is 0.249 e. The van der Waals surface area contributed by atoms with Crippen molar-refractivity contribution < 1.29 is 14.3 Å². The van der Waals surface area contributed by atoms with Crippen molar-refractivity contribution in [2.75, 3.05) is 39.9 Å². The lowest BCUT2D eigenvalue weighted by Gasteiger charge is -2.24. The average molecular weight is 285 g/mol. The third-order valence-corrected chi connectivity index (χ3v) is 4.26. The van der Waals surface area contributed by atoms with E-state index in [1.165, 1.54) is 6.42 Å². The average Bonchev–Trinajstić information content (AvgIpc) is 3.11. The zero-order valence-electron chi connectivity index (χ0n) is 12.3. The molecular formula is C14H27N3O3. The van der Waals surface area contributed by atoms with E-state index in [4.69, 9.17) is 15.2 Å². The van der Waals surface area contributed by atoms with Crippen LogP contribution in [0.1, 0.15) is 25.7 Å². The molecule has 2 aliphatic rings. The molecule has 0 saturated carbocycles. The number of nitrogens with one attached hydrogen (secondary N) is 1. The number of rotatable bonds is 7. The first-order chi connectivity index (χ1) is 9.74. The minimum absolute atomic E-state index is 0.0135. The van der Waals surface area contributed by atoms with Crippen molar-refractivity contribution in [2.45, 2.75) is 43.9 Å². The third-order valence-electron chi connectivity index (χ3n) is 4.26. The van der Waals surface area contributed by atoms with Gasteiger partial charge >= 0.3 is 0 Å². The number of likely N-dealkylation sites (tertiary alicyclic amines) is 1. The van der Waals surface area contributed by atoms with Crippen molar-refractivity contribution in [1.82, 2.24) is 10.2 Å². The van der Waals surface area contributed by atoms with Gasteiger partial charge in [-0.15, -0.1) is 0 Å². The SMILES string of the molecule is COCCN1CCCC1CNC(=O)[C@@H]1CC[C@H](CN)O1. The quantitative estimate of drug-likeness (QED) is 0.673. The molecule has 1 amide bonds. The van der Waals surface area contributed by atoms with Crippen LogP contribution in [0.15, 0.2) is 0 Å². The van der Waals surface area contributed by atoms with Crippen LogP contribution in [0.2, 0.25) is 0 Å². The minimum atomic E-state index is -0.308. The van der Waals surface area contributed by atoms with Gasteiger partial charge in [0.15, 0.2) is 0 Å². The number of nitrogens with zero attached hydrogens (tertiary/aromatic N) is 1. The maximum Gasteiger partial charge on any atom is 0.249 e. The molecule has 0 aromatic rings. The van der Waals surface area contributed by atoms with Gasteiger partial charge in [-0.2, -0.15) is 0 Å². The maximum absolute atomic E-state index is 12.1. The summed E-state index contributed by atoms with van der Waals surface area (Å²) in [7, 11) is 1.72. The molecule has 1 unspecified atom stereocenters. The van der Waals surface area contributed by atoms with Gasteiger partial charge in [0.05, 0.1) is 12.7 Å². The summed E-state index contributed by atoms with van der Waals surface area (Å²) in [5, 5.41) is 3.03. The van der Waals surface area contributed by atoms with Crippen LogP contribution < -0.4 is 11.1 Å². The van der Waals surface area contributed by atoms with Gasteiger partial charge in [-0.05, 0) is 32.2 Å². The van der Waals surface area contributed by atoms with Crippen LogP contribution in [0.4, 0.5) is 0 Å². The molecule has 2 rings (SSSR count). The monoisotopic (exact) mass is 285 g/mol. The van der Waals surface area contributed by atoms with Crippen LogP contribution in [-0.2, 0) is 14.3 Å². The van der Waals surface area contributed by atoms with Crippen molar-refractivity contribution in [3.05, 3.63) is 0 Å². The molecule has 3 atom stereocenters. The first-order valence-electron chi connectivity index (χ1n) is 7.60. The van der Waals surface area contributed by atoms with Gasteiger partial charge in [0.2, 0.25) is 5.91 Å². The van der Waals surface area contributed by atoms with E-state index < -0.39 is 0 Å².